The van der Waals surface area contributed by atoms with Crippen LogP contribution in [0.4, 0.5) is 4.39 Å². The van der Waals surface area contributed by atoms with Gasteiger partial charge in [0.15, 0.2) is 0 Å². The van der Waals surface area contributed by atoms with Crippen LogP contribution in [0, 0.1) is 5.82 Å². The van der Waals surface area contributed by atoms with E-state index in [0.29, 0.717) is 5.69 Å². The van der Waals surface area contributed by atoms with E-state index < -0.39 is 11.8 Å². The Bertz CT molecular complexity index is 563. The van der Waals surface area contributed by atoms with Crippen molar-refractivity contribution in [1.29, 1.82) is 0 Å². The number of carboxylic acids is 1. The molecule has 19 heavy (non-hydrogen) atoms. The van der Waals surface area contributed by atoms with Gasteiger partial charge in [-0.25, -0.2) is 9.18 Å². The number of hydrogen-bond acceptors (Lipinski definition) is 3. The van der Waals surface area contributed by atoms with Crippen LogP contribution in [-0.2, 0) is 6.61 Å². The van der Waals surface area contributed by atoms with Gasteiger partial charge in [-0.15, -0.1) is 0 Å². The Kier molecular flexibility index (Phi) is 5.55. The molecule has 0 spiro atoms. The van der Waals surface area contributed by atoms with Crippen LogP contribution in [-0.4, -0.2) is 34.9 Å². The number of carboxylic acid groups (broad SMARTS) is 1. The average molecular weight is 255 g/mol. The van der Waals surface area contributed by atoms with Crippen LogP contribution in [0.3, 0.4) is 0 Å². The summed E-state index contributed by atoms with van der Waals surface area (Å²) >= 11 is 0. The van der Waals surface area contributed by atoms with Crippen LogP contribution in [0.2, 0.25) is 0 Å². The van der Waals surface area contributed by atoms with Crippen molar-refractivity contribution in [3.05, 3.63) is 59.7 Å². The normalized spacial score (nSPS) is 9.53. The van der Waals surface area contributed by atoms with Crippen LogP contribution >= 0.6 is 0 Å². The van der Waals surface area contributed by atoms with Crippen molar-refractivity contribution in [3.8, 4) is 5.75 Å². The Balaban J connectivity index is 0.00000180. The van der Waals surface area contributed by atoms with Gasteiger partial charge in [0.25, 0.3) is 0 Å². The van der Waals surface area contributed by atoms with E-state index in [4.69, 9.17) is 9.84 Å². The van der Waals surface area contributed by atoms with Crippen molar-refractivity contribution in [3.63, 3.8) is 0 Å². The molecule has 94 valence electrons. The average Bonchev–Trinajstić information content (AvgIpc) is 2.37. The summed E-state index contributed by atoms with van der Waals surface area (Å²) in [6.45, 7) is 0.201. The molecule has 0 amide bonds. The van der Waals surface area contributed by atoms with Gasteiger partial charge in [0.2, 0.25) is 0 Å². The van der Waals surface area contributed by atoms with Gasteiger partial charge in [-0.1, -0.05) is 6.07 Å². The number of hydrogen-bond donors (Lipinski definition) is 1. The molecule has 0 unspecified atom stereocenters. The minimum atomic E-state index is -1.30. The Hall–Kier alpha value is -1.83. The monoisotopic (exact) mass is 255 g/mol. The molecule has 0 fully saturated rings. The first-order valence-electron chi connectivity index (χ1n) is 5.22. The maximum atomic E-state index is 13.4. The molecule has 0 saturated heterocycles. The van der Waals surface area contributed by atoms with E-state index in [9.17, 15) is 9.18 Å². The number of benzene rings is 1. The summed E-state index contributed by atoms with van der Waals surface area (Å²) in [6, 6.07) is 9.01. The molecule has 0 saturated carbocycles. The summed E-state index contributed by atoms with van der Waals surface area (Å²) in [6.07, 6.45) is 1.63. The number of halogens is 1. The van der Waals surface area contributed by atoms with E-state index in [0.717, 1.165) is 6.07 Å². The predicted octanol–water partition coefficient (Wildman–Crippen LogP) is 1.85. The van der Waals surface area contributed by atoms with E-state index in [1.54, 1.807) is 18.3 Å². The zero-order valence-corrected chi connectivity index (χ0v) is 9.34. The summed E-state index contributed by atoms with van der Waals surface area (Å²) in [5, 5.41) is 8.67. The molecule has 6 heteroatoms. The topological polar surface area (TPSA) is 59.4 Å². The molecule has 1 aromatic carbocycles. The molecular weight excluding hydrogens is 244 g/mol. The molecule has 0 aliphatic heterocycles. The number of aromatic carboxylic acids is 1. The summed E-state index contributed by atoms with van der Waals surface area (Å²) in [4.78, 5) is 14.7. The molecular formula is C13H11FLiNO3. The van der Waals surface area contributed by atoms with E-state index in [1.807, 2.05) is 6.07 Å². The summed E-state index contributed by atoms with van der Waals surface area (Å²) < 4.78 is 18.7. The van der Waals surface area contributed by atoms with E-state index in [2.05, 4.69) is 4.98 Å². The summed E-state index contributed by atoms with van der Waals surface area (Å²) in [7, 11) is 0. The van der Waals surface area contributed by atoms with Crippen molar-refractivity contribution < 1.29 is 19.0 Å². The quantitative estimate of drug-likeness (QED) is 0.847. The van der Waals surface area contributed by atoms with Gasteiger partial charge in [-0.3, -0.25) is 4.98 Å². The van der Waals surface area contributed by atoms with Crippen molar-refractivity contribution in [2.24, 2.45) is 0 Å². The molecule has 4 nitrogen and oxygen atoms in total. The molecule has 0 atom stereocenters. The predicted molar refractivity (Wildman–Crippen MR) is 69.1 cm³/mol. The first-order chi connectivity index (χ1) is 8.66. The van der Waals surface area contributed by atoms with Crippen molar-refractivity contribution in [2.75, 3.05) is 0 Å². The molecule has 1 N–H and O–H groups in total. The Morgan fingerprint density at radius 1 is 1.32 bits per heavy atom. The maximum absolute atomic E-state index is 13.4. The number of ether oxygens (including phenoxy) is 1. The van der Waals surface area contributed by atoms with Gasteiger partial charge in [-0.2, -0.15) is 0 Å². The second kappa shape index (κ2) is 6.93. The molecule has 1 aromatic heterocycles. The Morgan fingerprint density at radius 2 is 2.11 bits per heavy atom. The molecule has 0 bridgehead atoms. The van der Waals surface area contributed by atoms with Crippen molar-refractivity contribution in [2.45, 2.75) is 6.61 Å². The molecule has 0 radical (unpaired) electrons. The fraction of sp³-hybridized carbons (Fsp3) is 0.0769. The van der Waals surface area contributed by atoms with Gasteiger partial charge >= 0.3 is 24.8 Å². The second-order valence-corrected chi connectivity index (χ2v) is 3.56. The van der Waals surface area contributed by atoms with Gasteiger partial charge in [-0.05, 0) is 24.3 Å². The first kappa shape index (κ1) is 15.2. The van der Waals surface area contributed by atoms with E-state index >= 15 is 0 Å². The van der Waals surface area contributed by atoms with Crippen molar-refractivity contribution >= 4 is 24.8 Å². The Labute approximate surface area is 121 Å². The first-order valence-corrected chi connectivity index (χ1v) is 5.22. The van der Waals surface area contributed by atoms with Crippen LogP contribution in [0.5, 0.6) is 5.75 Å². The second-order valence-electron chi connectivity index (χ2n) is 3.56. The van der Waals surface area contributed by atoms with Crippen LogP contribution in [0.1, 0.15) is 16.1 Å². The molecule has 0 aliphatic carbocycles. The fourth-order valence-electron chi connectivity index (χ4n) is 1.40. The molecule has 1 heterocycles. The number of pyridine rings is 1. The van der Waals surface area contributed by atoms with Gasteiger partial charge < -0.3 is 9.84 Å². The molecule has 0 aliphatic rings. The Morgan fingerprint density at radius 3 is 2.68 bits per heavy atom. The number of nitrogens with zero attached hydrogens (tertiary/aromatic N) is 1. The molecule has 2 aromatic rings. The fourth-order valence-corrected chi connectivity index (χ4v) is 1.40. The van der Waals surface area contributed by atoms with Gasteiger partial charge in [0.1, 0.15) is 18.2 Å². The van der Waals surface area contributed by atoms with Crippen LogP contribution in [0.15, 0.2) is 42.6 Å². The van der Waals surface area contributed by atoms with Crippen LogP contribution < -0.4 is 4.74 Å². The third-order valence-electron chi connectivity index (χ3n) is 2.28. The van der Waals surface area contributed by atoms with E-state index in [1.165, 1.54) is 12.1 Å². The van der Waals surface area contributed by atoms with Crippen molar-refractivity contribution in [1.82, 2.24) is 4.98 Å². The summed E-state index contributed by atoms with van der Waals surface area (Å²) in [5.41, 5.74) is 0.334. The minimum absolute atomic E-state index is 0. The number of rotatable bonds is 4. The zero-order valence-electron chi connectivity index (χ0n) is 9.34. The number of aromatic nitrogens is 1. The zero-order chi connectivity index (χ0) is 13.0. The SMILES string of the molecule is O=C(O)c1ccc(OCc2ccccn2)cc1F.[LiH]. The standard InChI is InChI=1S/C13H10FNO3.Li.H/c14-12-7-10(4-5-11(12)13(16)17)18-8-9-3-1-2-6-15-9;;/h1-7H,8H2,(H,16,17);;. The van der Waals surface area contributed by atoms with Gasteiger partial charge in [0.05, 0.1) is 11.3 Å². The third-order valence-corrected chi connectivity index (χ3v) is 2.28. The molecule has 2 rings (SSSR count). The van der Waals surface area contributed by atoms with E-state index in [-0.39, 0.29) is 36.8 Å². The number of carbonyl (C=O) groups is 1. The van der Waals surface area contributed by atoms with Crippen LogP contribution in [0.25, 0.3) is 0 Å². The summed E-state index contributed by atoms with van der Waals surface area (Å²) in [5.74, 6) is -1.85. The third kappa shape index (κ3) is 4.09. The van der Waals surface area contributed by atoms with Gasteiger partial charge in [0, 0.05) is 12.3 Å².